The number of pyridine rings is 1. The third-order valence-electron chi connectivity index (χ3n) is 6.46. The number of unbranched alkanes of at least 4 members (excludes halogenated alkanes) is 1. The molecule has 0 radical (unpaired) electrons. The Balaban J connectivity index is 0.000000517. The van der Waals surface area contributed by atoms with Crippen molar-refractivity contribution in [1.29, 1.82) is 0 Å². The summed E-state index contributed by atoms with van der Waals surface area (Å²) in [5, 5.41) is 1.05. The Bertz CT molecular complexity index is 1280. The van der Waals surface area contributed by atoms with Crippen LogP contribution in [0.2, 0.25) is 0 Å². The fourth-order valence-electron chi connectivity index (χ4n) is 3.83. The summed E-state index contributed by atoms with van der Waals surface area (Å²) in [6, 6.07) is 11.7. The number of aliphatic imine (C=N–C) groups is 1. The number of aromatic nitrogens is 1. The lowest BCUT2D eigenvalue weighted by Gasteiger charge is -2.15. The normalized spacial score (nSPS) is 14.5. The molecule has 6 heteroatoms. The van der Waals surface area contributed by atoms with Crippen LogP contribution >= 0.6 is 11.8 Å². The first-order valence-corrected chi connectivity index (χ1v) is 16.0. The molecule has 0 spiro atoms. The number of hydrogen-bond donors (Lipinski definition) is 1. The molecule has 2 N–H and O–H groups in total. The van der Waals surface area contributed by atoms with Gasteiger partial charge in [0.1, 0.15) is 5.82 Å². The summed E-state index contributed by atoms with van der Waals surface area (Å²) in [6.45, 7) is 16.3. The second-order valence-corrected chi connectivity index (χ2v) is 10.6. The molecule has 0 unspecified atom stereocenters. The van der Waals surface area contributed by atoms with Crippen molar-refractivity contribution in [3.05, 3.63) is 87.1 Å². The predicted octanol–water partition coefficient (Wildman–Crippen LogP) is 9.36. The van der Waals surface area contributed by atoms with Crippen LogP contribution in [0.5, 0.6) is 0 Å². The van der Waals surface area contributed by atoms with E-state index in [9.17, 15) is 9.18 Å². The van der Waals surface area contributed by atoms with Crippen LogP contribution in [0.15, 0.2) is 58.4 Å². The van der Waals surface area contributed by atoms with Crippen LogP contribution in [0.1, 0.15) is 102 Å². The lowest BCUT2D eigenvalue weighted by atomic mass is 9.90. The molecule has 3 aromatic rings. The Hall–Kier alpha value is -2.86. The van der Waals surface area contributed by atoms with Gasteiger partial charge in [0.05, 0.1) is 11.8 Å². The number of benzene rings is 2. The zero-order valence-electron chi connectivity index (χ0n) is 26.3. The van der Waals surface area contributed by atoms with Gasteiger partial charge in [-0.05, 0) is 86.0 Å². The molecule has 2 aliphatic rings. The van der Waals surface area contributed by atoms with Crippen LogP contribution in [0, 0.1) is 12.7 Å². The van der Waals surface area contributed by atoms with Gasteiger partial charge in [-0.15, -0.1) is 0 Å². The highest BCUT2D eigenvalue weighted by Crippen LogP contribution is 2.38. The van der Waals surface area contributed by atoms with Crippen molar-refractivity contribution < 1.29 is 4.39 Å². The highest BCUT2D eigenvalue weighted by Gasteiger charge is 2.24. The van der Waals surface area contributed by atoms with E-state index in [1.807, 2.05) is 71.6 Å². The van der Waals surface area contributed by atoms with Gasteiger partial charge < -0.3 is 10.3 Å². The highest BCUT2D eigenvalue weighted by atomic mass is 32.2. The average Bonchev–Trinajstić information content (AvgIpc) is 3.83. The monoisotopic (exact) mass is 567 g/mol. The van der Waals surface area contributed by atoms with Crippen molar-refractivity contribution in [2.45, 2.75) is 92.4 Å². The third-order valence-corrected chi connectivity index (χ3v) is 7.60. The maximum Gasteiger partial charge on any atom is 0.250 e. The summed E-state index contributed by atoms with van der Waals surface area (Å²) >= 11 is 1.99. The van der Waals surface area contributed by atoms with E-state index in [1.54, 1.807) is 29.8 Å². The van der Waals surface area contributed by atoms with Crippen molar-refractivity contribution in [1.82, 2.24) is 4.57 Å². The second-order valence-electron chi connectivity index (χ2n) is 9.44. The second kappa shape index (κ2) is 17.8. The molecule has 1 aliphatic carbocycles. The van der Waals surface area contributed by atoms with E-state index in [-0.39, 0.29) is 17.4 Å². The molecule has 1 saturated carbocycles. The Morgan fingerprint density at radius 2 is 1.55 bits per heavy atom. The smallest absolute Gasteiger partial charge is 0.250 e. The molecular weight excluding hydrogens is 517 g/mol. The minimum Gasteiger partial charge on any atom is -0.398 e. The Labute approximate surface area is 246 Å². The Morgan fingerprint density at radius 3 is 2.02 bits per heavy atom. The standard InChI is InChI=1S/C22H20FN3O.C4H8S.C4H10.2C2H6/c1-12-8-18-17(9-20(12)24)19-11-26(3)21(27)10-16(19)13(2)25-22(18)14-4-6-15(23)7-5-14;1-5-4-2-3-4;1-3-4-2;2*1-2/h4-11,13H,24H2,1-3H3;4H,2-3H2,1H3;3-4H2,1-2H3;2*1-2H3/t13-;;;;/m0..../s1. The number of nitrogens with two attached hydrogens (primary N) is 1. The van der Waals surface area contributed by atoms with Crippen LogP contribution in [0.25, 0.3) is 11.1 Å². The first kappa shape index (κ1) is 35.2. The maximum atomic E-state index is 13.4. The van der Waals surface area contributed by atoms with E-state index < -0.39 is 0 Å². The maximum absolute atomic E-state index is 13.4. The Kier molecular flexibility index (Phi) is 15.6. The zero-order chi connectivity index (χ0) is 30.4. The lowest BCUT2D eigenvalue weighted by Crippen LogP contribution is -2.17. The predicted molar refractivity (Wildman–Crippen MR) is 177 cm³/mol. The molecule has 0 bridgehead atoms. The highest BCUT2D eigenvalue weighted by molar-refractivity contribution is 7.99. The van der Waals surface area contributed by atoms with Crippen molar-refractivity contribution in [2.75, 3.05) is 12.0 Å². The first-order valence-electron chi connectivity index (χ1n) is 14.7. The van der Waals surface area contributed by atoms with Gasteiger partial charge in [0.15, 0.2) is 0 Å². The largest absolute Gasteiger partial charge is 0.398 e. The van der Waals surface area contributed by atoms with Gasteiger partial charge in [-0.1, -0.05) is 54.4 Å². The van der Waals surface area contributed by atoms with Crippen LogP contribution in [-0.4, -0.2) is 21.8 Å². The molecule has 2 aromatic carbocycles. The summed E-state index contributed by atoms with van der Waals surface area (Å²) in [4.78, 5) is 17.1. The third kappa shape index (κ3) is 9.65. The summed E-state index contributed by atoms with van der Waals surface area (Å²) in [5.74, 6) is -0.291. The SMILES string of the molecule is CC.CC.CCCC.CSC1CC1.Cc1cc2c(cc1N)-c1cn(C)c(=O)cc1[C@H](C)N=C2c1ccc(F)cc1. The first-order chi connectivity index (χ1) is 19.2. The average molecular weight is 568 g/mol. The molecule has 1 aliphatic heterocycles. The summed E-state index contributed by atoms with van der Waals surface area (Å²) in [7, 11) is 1.73. The van der Waals surface area contributed by atoms with E-state index in [4.69, 9.17) is 10.7 Å². The fourth-order valence-corrected chi connectivity index (χ4v) is 4.44. The minimum atomic E-state index is -0.291. The van der Waals surface area contributed by atoms with Crippen molar-refractivity contribution >= 4 is 23.2 Å². The number of rotatable bonds is 3. The van der Waals surface area contributed by atoms with Gasteiger partial charge in [0.25, 0.3) is 5.56 Å². The van der Waals surface area contributed by atoms with E-state index in [1.165, 1.54) is 37.8 Å². The number of anilines is 1. The molecule has 220 valence electrons. The van der Waals surface area contributed by atoms with Crippen LogP contribution in [0.4, 0.5) is 10.1 Å². The zero-order valence-corrected chi connectivity index (χ0v) is 27.1. The van der Waals surface area contributed by atoms with Crippen molar-refractivity contribution in [3.8, 4) is 11.1 Å². The summed E-state index contributed by atoms with van der Waals surface area (Å²) in [6.07, 6.45) is 9.60. The molecule has 0 saturated heterocycles. The van der Waals surface area contributed by atoms with Crippen molar-refractivity contribution in [2.24, 2.45) is 12.0 Å². The van der Waals surface area contributed by atoms with Gasteiger partial charge in [-0.2, -0.15) is 11.8 Å². The van der Waals surface area contributed by atoms with Gasteiger partial charge in [-0.25, -0.2) is 4.39 Å². The molecule has 4 nitrogen and oxygen atoms in total. The Morgan fingerprint density at radius 1 is 0.975 bits per heavy atom. The molecule has 1 fully saturated rings. The number of nitrogen functional groups attached to an aromatic ring is 1. The molecule has 1 aromatic heterocycles. The molecule has 40 heavy (non-hydrogen) atoms. The minimum absolute atomic E-state index is 0.0809. The van der Waals surface area contributed by atoms with Gasteiger partial charge in [0, 0.05) is 46.9 Å². The number of aryl methyl sites for hydroxylation is 2. The number of nitrogens with zero attached hydrogens (tertiary/aromatic N) is 2. The molecule has 2 heterocycles. The van der Waals surface area contributed by atoms with Gasteiger partial charge in [-0.3, -0.25) is 9.79 Å². The van der Waals surface area contributed by atoms with Crippen LogP contribution in [-0.2, 0) is 7.05 Å². The molecule has 1 atom stereocenters. The van der Waals surface area contributed by atoms with E-state index in [0.717, 1.165) is 44.3 Å². The number of fused-ring (bicyclic) bond motifs is 3. The summed E-state index contributed by atoms with van der Waals surface area (Å²) < 4.78 is 15.0. The van der Waals surface area contributed by atoms with E-state index in [2.05, 4.69) is 20.1 Å². The quantitative estimate of drug-likeness (QED) is 0.321. The van der Waals surface area contributed by atoms with E-state index >= 15 is 0 Å². The lowest BCUT2D eigenvalue weighted by molar-refractivity contribution is 0.628. The van der Waals surface area contributed by atoms with Gasteiger partial charge >= 0.3 is 0 Å². The molecule has 0 amide bonds. The summed E-state index contributed by atoms with van der Waals surface area (Å²) in [5.41, 5.74) is 13.0. The van der Waals surface area contributed by atoms with Crippen LogP contribution in [0.3, 0.4) is 0 Å². The molecule has 5 rings (SSSR count). The topological polar surface area (TPSA) is 60.4 Å². The van der Waals surface area contributed by atoms with Gasteiger partial charge in [0.2, 0.25) is 0 Å². The fraction of sp³-hybridized carbons (Fsp3) is 0.471. The number of halogens is 1. The molecular formula is C34H50FN3OS. The van der Waals surface area contributed by atoms with E-state index in [0.29, 0.717) is 5.69 Å². The number of hydrogen-bond acceptors (Lipinski definition) is 4. The van der Waals surface area contributed by atoms with Crippen molar-refractivity contribution in [3.63, 3.8) is 0 Å². The number of thioether (sulfide) groups is 1. The van der Waals surface area contributed by atoms with Crippen LogP contribution < -0.4 is 11.3 Å².